The van der Waals surface area contributed by atoms with Gasteiger partial charge in [0.2, 0.25) is 0 Å². The maximum absolute atomic E-state index is 13.7. The summed E-state index contributed by atoms with van der Waals surface area (Å²) in [5.41, 5.74) is 1.07. The molecule has 0 amide bonds. The fraction of sp³-hybridized carbons (Fsp3) is 0.294. The molecule has 0 heterocycles. The van der Waals surface area contributed by atoms with E-state index in [4.69, 9.17) is 0 Å². The molecular weight excluding hydrogens is 320 g/mol. The first kappa shape index (κ1) is 17.7. The van der Waals surface area contributed by atoms with Gasteiger partial charge >= 0.3 is 0 Å². The molecule has 3 nitrogen and oxygen atoms in total. The number of benzene rings is 2. The number of aliphatic hydroxyl groups is 1. The zero-order chi connectivity index (χ0) is 17.0. The van der Waals surface area contributed by atoms with Crippen LogP contribution in [0, 0.1) is 11.6 Å². The van der Waals surface area contributed by atoms with E-state index in [0.717, 1.165) is 22.6 Å². The topological polar surface area (TPSA) is 40.5 Å². The van der Waals surface area contributed by atoms with Gasteiger partial charge < -0.3 is 5.11 Å². The Balaban J connectivity index is 1.98. The standard InChI is InChI=1S/C17H19F2NO2S/c1-20(10-12-3-6-14(7-4-12)23(2)22)11-17(21)15-8-5-13(18)9-16(15)19/h3-9,17,21H,10-11H2,1-2H3. The minimum absolute atomic E-state index is 0.0787. The van der Waals surface area contributed by atoms with Crippen molar-refractivity contribution in [1.82, 2.24) is 4.90 Å². The maximum Gasteiger partial charge on any atom is 0.131 e. The average molecular weight is 339 g/mol. The van der Waals surface area contributed by atoms with Gasteiger partial charge in [0.15, 0.2) is 0 Å². The molecule has 2 aromatic rings. The number of hydrogen-bond donors (Lipinski definition) is 1. The zero-order valence-electron chi connectivity index (χ0n) is 13.0. The highest BCUT2D eigenvalue weighted by Crippen LogP contribution is 2.19. The number of rotatable bonds is 6. The molecule has 23 heavy (non-hydrogen) atoms. The number of aliphatic hydroxyl groups excluding tert-OH is 1. The second kappa shape index (κ2) is 7.77. The van der Waals surface area contributed by atoms with Gasteiger partial charge in [-0.2, -0.15) is 0 Å². The van der Waals surface area contributed by atoms with Crippen LogP contribution in [0.15, 0.2) is 47.4 Å². The summed E-state index contributed by atoms with van der Waals surface area (Å²) >= 11 is 0. The number of likely N-dealkylation sites (N-methyl/N-ethyl adjacent to an activating group) is 1. The molecule has 0 aliphatic heterocycles. The Hall–Kier alpha value is -1.63. The van der Waals surface area contributed by atoms with Gasteiger partial charge in [-0.15, -0.1) is 0 Å². The molecule has 2 aromatic carbocycles. The first-order chi connectivity index (χ1) is 10.9. The zero-order valence-corrected chi connectivity index (χ0v) is 13.8. The van der Waals surface area contributed by atoms with E-state index in [-0.39, 0.29) is 12.1 Å². The summed E-state index contributed by atoms with van der Waals surface area (Å²) < 4.78 is 37.9. The van der Waals surface area contributed by atoms with Crippen LogP contribution in [0.25, 0.3) is 0 Å². The summed E-state index contributed by atoms with van der Waals surface area (Å²) in [6.45, 7) is 0.764. The van der Waals surface area contributed by atoms with E-state index in [0.29, 0.717) is 6.54 Å². The van der Waals surface area contributed by atoms with Crippen LogP contribution in [0.4, 0.5) is 8.78 Å². The summed E-state index contributed by atoms with van der Waals surface area (Å²) in [4.78, 5) is 2.59. The largest absolute Gasteiger partial charge is 0.387 e. The van der Waals surface area contributed by atoms with E-state index >= 15 is 0 Å². The van der Waals surface area contributed by atoms with Crippen LogP contribution in [0.2, 0.25) is 0 Å². The van der Waals surface area contributed by atoms with E-state index in [9.17, 15) is 18.1 Å². The van der Waals surface area contributed by atoms with Crippen molar-refractivity contribution in [2.24, 2.45) is 0 Å². The summed E-state index contributed by atoms with van der Waals surface area (Å²) in [5.74, 6) is -1.42. The minimum atomic E-state index is -1.04. The molecule has 0 spiro atoms. The van der Waals surface area contributed by atoms with E-state index in [1.807, 2.05) is 17.0 Å². The fourth-order valence-electron chi connectivity index (χ4n) is 2.33. The van der Waals surface area contributed by atoms with Crippen molar-refractivity contribution in [2.45, 2.75) is 17.5 Å². The van der Waals surface area contributed by atoms with Crippen LogP contribution in [0.1, 0.15) is 17.2 Å². The molecule has 2 atom stereocenters. The van der Waals surface area contributed by atoms with Crippen LogP contribution in [0.5, 0.6) is 0 Å². The lowest BCUT2D eigenvalue weighted by molar-refractivity contribution is 0.120. The van der Waals surface area contributed by atoms with Gasteiger partial charge in [-0.1, -0.05) is 18.2 Å². The Morgan fingerprint density at radius 3 is 2.39 bits per heavy atom. The number of hydrogen-bond acceptors (Lipinski definition) is 3. The third-order valence-electron chi connectivity index (χ3n) is 3.51. The Bertz CT molecular complexity index is 691. The summed E-state index contributed by atoms with van der Waals surface area (Å²) in [5, 5.41) is 10.1. The van der Waals surface area contributed by atoms with Gasteiger partial charge in [0.05, 0.1) is 6.10 Å². The molecule has 0 aliphatic rings. The van der Waals surface area contributed by atoms with Crippen molar-refractivity contribution < 1.29 is 18.1 Å². The first-order valence-electron chi connectivity index (χ1n) is 7.10. The second-order valence-electron chi connectivity index (χ2n) is 5.48. The Kier molecular flexibility index (Phi) is 5.98. The highest BCUT2D eigenvalue weighted by Gasteiger charge is 2.15. The lowest BCUT2D eigenvalue weighted by Crippen LogP contribution is -2.24. The third kappa shape index (κ3) is 4.92. The second-order valence-corrected chi connectivity index (χ2v) is 6.86. The fourth-order valence-corrected chi connectivity index (χ4v) is 2.85. The van der Waals surface area contributed by atoms with Crippen LogP contribution in [0.3, 0.4) is 0 Å². The normalized spacial score (nSPS) is 14.0. The van der Waals surface area contributed by atoms with Crippen LogP contribution in [-0.4, -0.2) is 34.1 Å². The van der Waals surface area contributed by atoms with E-state index in [2.05, 4.69) is 0 Å². The average Bonchev–Trinajstić information content (AvgIpc) is 2.47. The van der Waals surface area contributed by atoms with Gasteiger partial charge in [-0.05, 0) is 30.8 Å². The van der Waals surface area contributed by atoms with Crippen molar-refractivity contribution in [3.63, 3.8) is 0 Å². The molecule has 0 bridgehead atoms. The third-order valence-corrected chi connectivity index (χ3v) is 4.45. The smallest absolute Gasteiger partial charge is 0.131 e. The molecule has 2 unspecified atom stereocenters. The molecular formula is C17H19F2NO2S. The van der Waals surface area contributed by atoms with Gasteiger partial charge in [-0.3, -0.25) is 9.11 Å². The maximum atomic E-state index is 13.7. The van der Waals surface area contributed by atoms with Gasteiger partial charge in [0.1, 0.15) is 11.6 Å². The molecule has 1 N–H and O–H groups in total. The van der Waals surface area contributed by atoms with Gasteiger partial charge in [-0.25, -0.2) is 8.78 Å². The molecule has 124 valence electrons. The van der Waals surface area contributed by atoms with Crippen molar-refractivity contribution >= 4 is 10.8 Å². The van der Waals surface area contributed by atoms with Gasteiger partial charge in [0, 0.05) is 46.7 Å². The lowest BCUT2D eigenvalue weighted by Gasteiger charge is -2.21. The predicted molar refractivity (Wildman–Crippen MR) is 86.4 cm³/mol. The lowest BCUT2D eigenvalue weighted by atomic mass is 10.1. The Labute approximate surface area is 137 Å². The van der Waals surface area contributed by atoms with E-state index in [1.165, 1.54) is 6.07 Å². The predicted octanol–water partition coefficient (Wildman–Crippen LogP) is 2.87. The highest BCUT2D eigenvalue weighted by atomic mass is 32.2. The molecule has 0 saturated heterocycles. The molecule has 0 radical (unpaired) electrons. The molecule has 0 fully saturated rings. The van der Waals surface area contributed by atoms with Crippen molar-refractivity contribution in [2.75, 3.05) is 19.8 Å². The molecule has 0 aromatic heterocycles. The summed E-state index contributed by atoms with van der Waals surface area (Å²) in [6.07, 6.45) is 0.581. The van der Waals surface area contributed by atoms with Crippen LogP contribution in [-0.2, 0) is 17.3 Å². The Morgan fingerprint density at radius 2 is 1.83 bits per heavy atom. The molecule has 6 heteroatoms. The van der Waals surface area contributed by atoms with Crippen molar-refractivity contribution in [1.29, 1.82) is 0 Å². The molecule has 0 aliphatic carbocycles. The van der Waals surface area contributed by atoms with Crippen LogP contribution < -0.4 is 0 Å². The van der Waals surface area contributed by atoms with Crippen LogP contribution >= 0.6 is 0 Å². The van der Waals surface area contributed by atoms with E-state index < -0.39 is 28.5 Å². The quantitative estimate of drug-likeness (QED) is 0.880. The van der Waals surface area contributed by atoms with Gasteiger partial charge in [0.25, 0.3) is 0 Å². The highest BCUT2D eigenvalue weighted by molar-refractivity contribution is 7.84. The number of halogens is 2. The van der Waals surface area contributed by atoms with Crippen molar-refractivity contribution in [3.8, 4) is 0 Å². The molecule has 0 saturated carbocycles. The molecule has 2 rings (SSSR count). The van der Waals surface area contributed by atoms with E-state index in [1.54, 1.807) is 25.4 Å². The monoisotopic (exact) mass is 339 g/mol. The van der Waals surface area contributed by atoms with Crippen molar-refractivity contribution in [3.05, 3.63) is 65.2 Å². The minimum Gasteiger partial charge on any atom is -0.387 e. The Morgan fingerprint density at radius 1 is 1.17 bits per heavy atom. The summed E-state index contributed by atoms with van der Waals surface area (Å²) in [7, 11) is 0.788. The SMILES string of the molecule is CN(Cc1ccc(S(C)=O)cc1)CC(O)c1ccc(F)cc1F. The number of nitrogens with zero attached hydrogens (tertiary/aromatic N) is 1. The summed E-state index contributed by atoms with van der Waals surface area (Å²) in [6, 6.07) is 10.5. The first-order valence-corrected chi connectivity index (χ1v) is 8.66.